The molecular formula is C40H64N2O9. The highest BCUT2D eigenvalue weighted by Gasteiger charge is 2.65. The summed E-state index contributed by atoms with van der Waals surface area (Å²) >= 11 is 0. The molecule has 11 nitrogen and oxygen atoms in total. The van der Waals surface area contributed by atoms with Crippen molar-refractivity contribution in [1.29, 1.82) is 0 Å². The lowest BCUT2D eigenvalue weighted by Gasteiger charge is -2.49. The fraction of sp³-hybridized carbons (Fsp3) is 0.675. The molecule has 1 aromatic carbocycles. The van der Waals surface area contributed by atoms with E-state index in [1.165, 1.54) is 26.0 Å². The van der Waals surface area contributed by atoms with Gasteiger partial charge in [-0.25, -0.2) is 9.59 Å². The number of aliphatic carboxylic acids is 1. The molecule has 288 valence electrons. The Balaban J connectivity index is 3.23. The summed E-state index contributed by atoms with van der Waals surface area (Å²) in [5.74, 6) is -3.73. The zero-order valence-electron chi connectivity index (χ0n) is 31.9. The van der Waals surface area contributed by atoms with Crippen LogP contribution in [-0.2, 0) is 35.1 Å². The van der Waals surface area contributed by atoms with Gasteiger partial charge in [0.05, 0.1) is 20.1 Å². The number of esters is 1. The highest BCUT2D eigenvalue weighted by Crippen LogP contribution is 2.51. The molecule has 0 aliphatic rings. The minimum atomic E-state index is -2.97. The maximum Gasteiger partial charge on any atom is 0.337 e. The third-order valence-electron chi connectivity index (χ3n) is 9.40. The Hall–Kier alpha value is -3.73. The second kappa shape index (κ2) is 23.0. The van der Waals surface area contributed by atoms with E-state index >= 15 is 0 Å². The highest BCUT2D eigenvalue weighted by molar-refractivity contribution is 5.99. The topological polar surface area (TPSA) is 182 Å². The van der Waals surface area contributed by atoms with Crippen LogP contribution in [0.4, 0.5) is 0 Å². The molecule has 0 aromatic heterocycles. The van der Waals surface area contributed by atoms with E-state index in [1.54, 1.807) is 51.1 Å². The van der Waals surface area contributed by atoms with E-state index in [-0.39, 0.29) is 12.2 Å². The number of nitrogens with one attached hydrogen (secondary N) is 1. The Morgan fingerprint density at radius 3 is 1.94 bits per heavy atom. The molecule has 0 aliphatic carbocycles. The van der Waals surface area contributed by atoms with Crippen LogP contribution in [0.3, 0.4) is 0 Å². The molecule has 0 fully saturated rings. The number of hydrogen-bond acceptors (Lipinski definition) is 8. The average Bonchev–Trinajstić information content (AvgIpc) is 3.06. The molecular weight excluding hydrogens is 652 g/mol. The van der Waals surface area contributed by atoms with Crippen molar-refractivity contribution in [2.45, 2.75) is 149 Å². The monoisotopic (exact) mass is 716 g/mol. The van der Waals surface area contributed by atoms with Crippen molar-refractivity contribution in [3.05, 3.63) is 42.0 Å². The summed E-state index contributed by atoms with van der Waals surface area (Å²) in [6.45, 7) is 9.53. The molecule has 11 heteroatoms. The molecule has 0 bridgehead atoms. The standard InChI is InChI=1S/C40H64N2O9/c1-7-9-11-14-17-20-31(43)21-18-15-12-13-16-19-26-39(38(3,4)5,40(49,37(47)48)29-34(41)44)36(46)42-33(35(45)50-6)28-30-22-24-32(25-23-30)51-27-10-8-2/h19,22-26,33,49H,7-18,20-21,27-29H2,1-6H3,(H2,41,44)(H,42,46)(H,47,48)/t33-,39-,40+/m0/s1. The van der Waals surface area contributed by atoms with Crippen LogP contribution in [0.5, 0.6) is 5.75 Å². The van der Waals surface area contributed by atoms with Gasteiger partial charge in [-0.2, -0.15) is 0 Å². The number of allylic oxidation sites excluding steroid dienone is 1. The quantitative estimate of drug-likeness (QED) is 0.0442. The molecule has 3 atom stereocenters. The van der Waals surface area contributed by atoms with E-state index in [4.69, 9.17) is 15.2 Å². The number of carbonyl (C=O) groups is 5. The summed E-state index contributed by atoms with van der Waals surface area (Å²) in [4.78, 5) is 64.7. The Morgan fingerprint density at radius 2 is 1.43 bits per heavy atom. The number of carboxylic acid groups (broad SMARTS) is 1. The highest BCUT2D eigenvalue weighted by atomic mass is 16.5. The molecule has 1 aromatic rings. The van der Waals surface area contributed by atoms with Crippen LogP contribution in [0.15, 0.2) is 36.4 Å². The lowest BCUT2D eigenvalue weighted by atomic mass is 9.55. The van der Waals surface area contributed by atoms with Crippen LogP contribution >= 0.6 is 0 Å². The molecule has 2 amide bonds. The van der Waals surface area contributed by atoms with E-state index in [1.807, 2.05) is 0 Å². The number of carboxylic acids is 1. The van der Waals surface area contributed by atoms with Crippen LogP contribution in [0.2, 0.25) is 0 Å². The maximum absolute atomic E-state index is 14.5. The lowest BCUT2D eigenvalue weighted by Crippen LogP contribution is -2.67. The van der Waals surface area contributed by atoms with Gasteiger partial charge in [0.2, 0.25) is 11.8 Å². The molecule has 5 N–H and O–H groups in total. The molecule has 0 unspecified atom stereocenters. The summed E-state index contributed by atoms with van der Waals surface area (Å²) in [7, 11) is 1.17. The largest absolute Gasteiger partial charge is 0.494 e. The van der Waals surface area contributed by atoms with Crippen molar-refractivity contribution in [1.82, 2.24) is 5.32 Å². The first-order valence-corrected chi connectivity index (χ1v) is 18.6. The van der Waals surface area contributed by atoms with Gasteiger partial charge in [0.1, 0.15) is 23.0 Å². The minimum Gasteiger partial charge on any atom is -0.494 e. The molecule has 0 radical (unpaired) electrons. The third-order valence-corrected chi connectivity index (χ3v) is 9.40. The van der Waals surface area contributed by atoms with Gasteiger partial charge in [0.25, 0.3) is 0 Å². The number of ether oxygens (including phenoxy) is 2. The summed E-state index contributed by atoms with van der Waals surface area (Å²) in [5.41, 5.74) is -0.407. The number of rotatable bonds is 27. The number of methoxy groups -OCH3 is 1. The Bertz CT molecular complexity index is 1270. The average molecular weight is 717 g/mol. The molecule has 0 saturated heterocycles. The number of Topliss-reactive ketones (excluding diaryl/α,β-unsaturated/α-hetero) is 1. The molecule has 1 rings (SSSR count). The summed E-state index contributed by atoms with van der Waals surface area (Å²) < 4.78 is 10.7. The summed E-state index contributed by atoms with van der Waals surface area (Å²) in [6.07, 6.45) is 14.1. The van der Waals surface area contributed by atoms with E-state index in [0.29, 0.717) is 43.6 Å². The van der Waals surface area contributed by atoms with E-state index < -0.39 is 52.6 Å². The van der Waals surface area contributed by atoms with Gasteiger partial charge < -0.3 is 30.7 Å². The Morgan fingerprint density at radius 1 is 0.863 bits per heavy atom. The van der Waals surface area contributed by atoms with Gasteiger partial charge in [-0.15, -0.1) is 0 Å². The van der Waals surface area contributed by atoms with Crippen molar-refractivity contribution >= 4 is 29.5 Å². The lowest BCUT2D eigenvalue weighted by molar-refractivity contribution is -0.189. The van der Waals surface area contributed by atoms with E-state index in [2.05, 4.69) is 19.2 Å². The number of ketones is 1. The molecule has 0 aliphatic heterocycles. The van der Waals surface area contributed by atoms with Crippen LogP contribution < -0.4 is 15.8 Å². The number of amides is 2. The van der Waals surface area contributed by atoms with Gasteiger partial charge in [-0.05, 0) is 55.2 Å². The van der Waals surface area contributed by atoms with Gasteiger partial charge in [0, 0.05) is 19.3 Å². The summed E-state index contributed by atoms with van der Waals surface area (Å²) in [5, 5.41) is 24.9. The number of primary amides is 1. The first kappa shape index (κ1) is 45.3. The first-order valence-electron chi connectivity index (χ1n) is 18.6. The second-order valence-electron chi connectivity index (χ2n) is 14.5. The number of benzene rings is 1. The number of aliphatic hydroxyl groups is 1. The van der Waals surface area contributed by atoms with Crippen LogP contribution in [0, 0.1) is 10.8 Å². The second-order valence-corrected chi connectivity index (χ2v) is 14.5. The summed E-state index contributed by atoms with van der Waals surface area (Å²) in [6, 6.07) is 5.77. The van der Waals surface area contributed by atoms with Crippen molar-refractivity contribution < 1.29 is 43.7 Å². The number of unbranched alkanes of at least 4 members (excludes halogenated alkanes) is 9. The fourth-order valence-corrected chi connectivity index (χ4v) is 6.40. The van der Waals surface area contributed by atoms with Crippen LogP contribution in [0.25, 0.3) is 0 Å². The minimum absolute atomic E-state index is 0.000268. The van der Waals surface area contributed by atoms with Crippen molar-refractivity contribution in [3.63, 3.8) is 0 Å². The Kier molecular flexibility index (Phi) is 20.4. The van der Waals surface area contributed by atoms with Crippen molar-refractivity contribution in [2.75, 3.05) is 13.7 Å². The Labute approximate surface area is 305 Å². The van der Waals surface area contributed by atoms with E-state index in [0.717, 1.165) is 51.4 Å². The van der Waals surface area contributed by atoms with Gasteiger partial charge in [-0.3, -0.25) is 14.4 Å². The zero-order valence-corrected chi connectivity index (χ0v) is 31.9. The van der Waals surface area contributed by atoms with Gasteiger partial charge in [0.15, 0.2) is 5.60 Å². The predicted octanol–water partition coefficient (Wildman–Crippen LogP) is 6.62. The van der Waals surface area contributed by atoms with Crippen molar-refractivity contribution in [3.8, 4) is 5.75 Å². The number of nitrogens with two attached hydrogens (primary N) is 1. The number of hydrogen-bond donors (Lipinski definition) is 4. The number of carbonyl (C=O) groups excluding carboxylic acids is 4. The molecule has 0 spiro atoms. The SMILES string of the molecule is CCCCCCCC(=O)CCCCCCC=C[C@](C(=O)N[C@@H](Cc1ccc(OCCCC)cc1)C(=O)OC)(C(C)(C)C)[C@@](O)(CC(N)=O)C(=O)O. The maximum atomic E-state index is 14.5. The van der Waals surface area contributed by atoms with Gasteiger partial charge >= 0.3 is 11.9 Å². The van der Waals surface area contributed by atoms with Crippen LogP contribution in [-0.4, -0.2) is 65.1 Å². The first-order chi connectivity index (χ1) is 24.1. The normalized spacial score (nSPS) is 14.6. The molecule has 0 heterocycles. The predicted molar refractivity (Wildman–Crippen MR) is 198 cm³/mol. The van der Waals surface area contributed by atoms with Crippen LogP contribution in [0.1, 0.15) is 136 Å². The van der Waals surface area contributed by atoms with E-state index in [9.17, 15) is 34.2 Å². The fourth-order valence-electron chi connectivity index (χ4n) is 6.40. The smallest absolute Gasteiger partial charge is 0.337 e. The third kappa shape index (κ3) is 14.4. The van der Waals surface area contributed by atoms with Gasteiger partial charge in [-0.1, -0.05) is 104 Å². The molecule has 0 saturated carbocycles. The molecule has 51 heavy (non-hydrogen) atoms. The zero-order chi connectivity index (χ0) is 38.5. The van der Waals surface area contributed by atoms with Crippen molar-refractivity contribution in [2.24, 2.45) is 16.6 Å².